The molecule has 0 aromatic heterocycles. The molecule has 4 nitrogen and oxygen atoms in total. The molecular weight excluding hydrogens is 272 g/mol. The minimum Gasteiger partial charge on any atom is -0.497 e. The summed E-state index contributed by atoms with van der Waals surface area (Å²) in [5.74, 6) is 0.767. The molecule has 0 bridgehead atoms. The van der Waals surface area contributed by atoms with Crippen LogP contribution in [-0.4, -0.2) is 12.2 Å². The van der Waals surface area contributed by atoms with E-state index in [2.05, 4.69) is 10.8 Å². The van der Waals surface area contributed by atoms with E-state index < -0.39 is 0 Å². The molecule has 20 heavy (non-hydrogen) atoms. The van der Waals surface area contributed by atoms with Crippen LogP contribution in [0.4, 0.5) is 5.69 Å². The van der Waals surface area contributed by atoms with Crippen LogP contribution in [0.15, 0.2) is 54.6 Å². The average molecular weight is 288 g/mol. The number of hydroxylamine groups is 1. The smallest absolute Gasteiger partial charge is 0.195 e. The molecule has 0 radical (unpaired) electrons. The standard InChI is InChI=1S/C15H16N2O2S/c1-18-14-9-5-8-13(10-14)16-15(20)17-19-11-12-6-3-2-4-7-12/h2-10H,11H2,1H3,(H2,16,17,20). The second-order valence-corrected chi connectivity index (χ2v) is 4.47. The lowest BCUT2D eigenvalue weighted by Crippen LogP contribution is -2.28. The van der Waals surface area contributed by atoms with Crippen molar-refractivity contribution in [2.45, 2.75) is 6.61 Å². The molecular formula is C15H16N2O2S. The van der Waals surface area contributed by atoms with E-state index in [1.165, 1.54) is 0 Å². The molecule has 2 aromatic rings. The van der Waals surface area contributed by atoms with Crippen LogP contribution in [0.5, 0.6) is 5.75 Å². The molecule has 0 unspecified atom stereocenters. The minimum absolute atomic E-state index is 0.397. The molecule has 0 aliphatic rings. The molecule has 0 fully saturated rings. The Hall–Kier alpha value is -2.11. The first-order chi connectivity index (χ1) is 9.78. The van der Waals surface area contributed by atoms with Crippen LogP contribution in [0.25, 0.3) is 0 Å². The average Bonchev–Trinajstić information content (AvgIpc) is 2.48. The number of anilines is 1. The highest BCUT2D eigenvalue weighted by atomic mass is 32.1. The fourth-order valence-electron chi connectivity index (χ4n) is 1.62. The zero-order valence-corrected chi connectivity index (χ0v) is 11.9. The van der Waals surface area contributed by atoms with Gasteiger partial charge in [0, 0.05) is 11.8 Å². The van der Waals surface area contributed by atoms with Crippen LogP contribution in [0.3, 0.4) is 0 Å². The Morgan fingerprint density at radius 3 is 2.65 bits per heavy atom. The summed E-state index contributed by atoms with van der Waals surface area (Å²) < 4.78 is 5.14. The van der Waals surface area contributed by atoms with Gasteiger partial charge in [-0.25, -0.2) is 5.48 Å². The first kappa shape index (κ1) is 14.3. The molecule has 0 aliphatic carbocycles. The van der Waals surface area contributed by atoms with Gasteiger partial charge in [-0.05, 0) is 29.9 Å². The fourth-order valence-corrected chi connectivity index (χ4v) is 1.79. The van der Waals surface area contributed by atoms with Crippen molar-refractivity contribution >= 4 is 23.0 Å². The number of methoxy groups -OCH3 is 1. The van der Waals surface area contributed by atoms with E-state index in [1.807, 2.05) is 54.6 Å². The molecule has 0 saturated carbocycles. The van der Waals surface area contributed by atoms with E-state index in [1.54, 1.807) is 7.11 Å². The van der Waals surface area contributed by atoms with E-state index in [0.29, 0.717) is 11.7 Å². The molecule has 104 valence electrons. The Morgan fingerprint density at radius 2 is 1.90 bits per heavy atom. The highest BCUT2D eigenvalue weighted by Crippen LogP contribution is 2.16. The van der Waals surface area contributed by atoms with Gasteiger partial charge in [-0.15, -0.1) is 0 Å². The molecule has 0 atom stereocenters. The summed E-state index contributed by atoms with van der Waals surface area (Å²) in [5, 5.41) is 3.42. The van der Waals surface area contributed by atoms with Crippen LogP contribution < -0.4 is 15.5 Å². The Balaban J connectivity index is 1.77. The Bertz CT molecular complexity index is 561. The summed E-state index contributed by atoms with van der Waals surface area (Å²) in [6.45, 7) is 0.445. The van der Waals surface area contributed by atoms with Crippen molar-refractivity contribution < 1.29 is 9.57 Å². The van der Waals surface area contributed by atoms with Gasteiger partial charge in [-0.3, -0.25) is 4.84 Å². The highest BCUT2D eigenvalue weighted by molar-refractivity contribution is 7.80. The van der Waals surface area contributed by atoms with Crippen molar-refractivity contribution in [3.8, 4) is 5.75 Å². The zero-order chi connectivity index (χ0) is 14.2. The van der Waals surface area contributed by atoms with Gasteiger partial charge in [0.05, 0.1) is 13.7 Å². The summed E-state index contributed by atoms with van der Waals surface area (Å²) in [4.78, 5) is 5.33. The van der Waals surface area contributed by atoms with Gasteiger partial charge in [-0.2, -0.15) is 0 Å². The van der Waals surface area contributed by atoms with E-state index in [4.69, 9.17) is 21.8 Å². The van der Waals surface area contributed by atoms with Crippen LogP contribution in [0.1, 0.15) is 5.56 Å². The van der Waals surface area contributed by atoms with E-state index >= 15 is 0 Å². The number of nitrogens with one attached hydrogen (secondary N) is 2. The molecule has 5 heteroatoms. The quantitative estimate of drug-likeness (QED) is 0.653. The van der Waals surface area contributed by atoms with Crippen molar-refractivity contribution in [1.29, 1.82) is 0 Å². The van der Waals surface area contributed by atoms with Crippen LogP contribution in [-0.2, 0) is 11.4 Å². The summed E-state index contributed by atoms with van der Waals surface area (Å²) >= 11 is 5.14. The van der Waals surface area contributed by atoms with Crippen molar-refractivity contribution in [1.82, 2.24) is 5.48 Å². The van der Waals surface area contributed by atoms with Crippen molar-refractivity contribution in [2.75, 3.05) is 12.4 Å². The Morgan fingerprint density at radius 1 is 1.10 bits per heavy atom. The van der Waals surface area contributed by atoms with Gasteiger partial charge >= 0.3 is 0 Å². The second-order valence-electron chi connectivity index (χ2n) is 4.06. The van der Waals surface area contributed by atoms with Crippen LogP contribution in [0, 0.1) is 0 Å². The Kier molecular flexibility index (Phi) is 5.34. The zero-order valence-electron chi connectivity index (χ0n) is 11.1. The summed E-state index contributed by atoms with van der Waals surface area (Å²) in [6, 6.07) is 17.4. The minimum atomic E-state index is 0.397. The lowest BCUT2D eigenvalue weighted by molar-refractivity contribution is 0.0728. The number of benzene rings is 2. The number of thiocarbonyl (C=S) groups is 1. The van der Waals surface area contributed by atoms with Crippen molar-refractivity contribution in [2.24, 2.45) is 0 Å². The predicted molar refractivity (Wildman–Crippen MR) is 83.6 cm³/mol. The lowest BCUT2D eigenvalue weighted by Gasteiger charge is -2.11. The first-order valence-corrected chi connectivity index (χ1v) is 6.55. The van der Waals surface area contributed by atoms with E-state index in [0.717, 1.165) is 17.0 Å². The van der Waals surface area contributed by atoms with Gasteiger partial charge in [-0.1, -0.05) is 36.4 Å². The third-order valence-corrected chi connectivity index (χ3v) is 2.76. The lowest BCUT2D eigenvalue weighted by atomic mass is 10.2. The highest BCUT2D eigenvalue weighted by Gasteiger charge is 1.99. The molecule has 0 heterocycles. The van der Waals surface area contributed by atoms with Crippen molar-refractivity contribution in [3.05, 3.63) is 60.2 Å². The normalized spacial score (nSPS) is 9.85. The predicted octanol–water partition coefficient (Wildman–Crippen LogP) is 3.11. The largest absolute Gasteiger partial charge is 0.497 e. The van der Waals surface area contributed by atoms with Gasteiger partial charge in [0.15, 0.2) is 5.11 Å². The van der Waals surface area contributed by atoms with E-state index in [-0.39, 0.29) is 0 Å². The fraction of sp³-hybridized carbons (Fsp3) is 0.133. The van der Waals surface area contributed by atoms with Crippen LogP contribution in [0.2, 0.25) is 0 Å². The number of hydrogen-bond acceptors (Lipinski definition) is 3. The maximum atomic E-state index is 5.33. The summed E-state index contributed by atoms with van der Waals surface area (Å²) in [6.07, 6.45) is 0. The van der Waals surface area contributed by atoms with Crippen LogP contribution >= 0.6 is 12.2 Å². The molecule has 0 aliphatic heterocycles. The first-order valence-electron chi connectivity index (χ1n) is 6.14. The maximum absolute atomic E-state index is 5.33. The monoisotopic (exact) mass is 288 g/mol. The molecule has 2 aromatic carbocycles. The van der Waals surface area contributed by atoms with Gasteiger partial charge < -0.3 is 10.1 Å². The third kappa shape index (κ3) is 4.53. The molecule has 0 amide bonds. The number of rotatable bonds is 5. The summed E-state index contributed by atoms with van der Waals surface area (Å²) in [5.41, 5.74) is 4.61. The van der Waals surface area contributed by atoms with Gasteiger partial charge in [0.1, 0.15) is 5.75 Å². The second kappa shape index (κ2) is 7.47. The molecule has 0 saturated heterocycles. The molecule has 2 N–H and O–H groups in total. The number of hydrogen-bond donors (Lipinski definition) is 2. The summed E-state index contributed by atoms with van der Waals surface area (Å²) in [7, 11) is 1.62. The SMILES string of the molecule is COc1cccc(NC(=S)NOCc2ccccc2)c1. The van der Waals surface area contributed by atoms with Gasteiger partial charge in [0.25, 0.3) is 0 Å². The van der Waals surface area contributed by atoms with Gasteiger partial charge in [0.2, 0.25) is 0 Å². The Labute approximate surface area is 123 Å². The van der Waals surface area contributed by atoms with E-state index in [9.17, 15) is 0 Å². The number of ether oxygens (including phenoxy) is 1. The molecule has 0 spiro atoms. The van der Waals surface area contributed by atoms with Crippen molar-refractivity contribution in [3.63, 3.8) is 0 Å². The maximum Gasteiger partial charge on any atom is 0.195 e. The molecule has 2 rings (SSSR count). The third-order valence-electron chi connectivity index (χ3n) is 2.57. The topological polar surface area (TPSA) is 42.5 Å².